The van der Waals surface area contributed by atoms with Crippen molar-refractivity contribution in [2.45, 2.75) is 32.6 Å². The predicted molar refractivity (Wildman–Crippen MR) is 149 cm³/mol. The monoisotopic (exact) mass is 510 g/mol. The average Bonchev–Trinajstić information content (AvgIpc) is 3.33. The quantitative estimate of drug-likeness (QED) is 0.284. The molecule has 6 nitrogen and oxygen atoms in total. The molecule has 0 N–H and O–H groups in total. The molecule has 1 amide bonds. The molecular weight excluding hydrogens is 476 g/mol. The Hall–Kier alpha value is -3.90. The number of aryl methyl sites for hydroxylation is 3. The number of esters is 1. The predicted octanol–water partition coefficient (Wildman–Crippen LogP) is 5.38. The number of rotatable bonds is 9. The van der Waals surface area contributed by atoms with Crippen molar-refractivity contribution in [3.63, 3.8) is 0 Å². The molecule has 196 valence electrons. The van der Waals surface area contributed by atoms with Gasteiger partial charge in [0.1, 0.15) is 0 Å². The first-order valence-corrected chi connectivity index (χ1v) is 13.4. The summed E-state index contributed by atoms with van der Waals surface area (Å²) >= 11 is 0. The molecule has 6 heteroatoms. The topological polar surface area (TPSA) is 60.8 Å². The van der Waals surface area contributed by atoms with E-state index in [1.54, 1.807) is 0 Å². The van der Waals surface area contributed by atoms with E-state index in [0.717, 1.165) is 29.6 Å². The highest BCUT2D eigenvalue weighted by atomic mass is 16.5. The summed E-state index contributed by atoms with van der Waals surface area (Å²) in [5.41, 5.74) is 6.50. The van der Waals surface area contributed by atoms with Crippen molar-refractivity contribution >= 4 is 22.8 Å². The zero-order chi connectivity index (χ0) is 26.3. The van der Waals surface area contributed by atoms with Gasteiger partial charge in [0.25, 0.3) is 5.91 Å². The Balaban J connectivity index is 1.43. The van der Waals surface area contributed by atoms with Gasteiger partial charge in [-0.15, -0.1) is 0 Å². The number of hydrogen-bond donors (Lipinski definition) is 0. The standard InChI is InChI=1S/C32H34N2O4/c1-2-38-31(35)17-10-25-9-16-30-29(22-25)27(11-8-24-6-4-3-5-7-24)23-34(30)28-14-12-26(13-15-28)32(36)33-18-20-37-21-19-33/h3-7,9,12-16,22-23H,2,8,10-11,17-21H2,1H3. The summed E-state index contributed by atoms with van der Waals surface area (Å²) in [7, 11) is 0. The summed E-state index contributed by atoms with van der Waals surface area (Å²) in [6.07, 6.45) is 5.08. The maximum absolute atomic E-state index is 12.9. The van der Waals surface area contributed by atoms with Crippen LogP contribution in [0.15, 0.2) is 79.0 Å². The van der Waals surface area contributed by atoms with Crippen LogP contribution in [0.3, 0.4) is 0 Å². The van der Waals surface area contributed by atoms with Gasteiger partial charge in [-0.2, -0.15) is 0 Å². The van der Waals surface area contributed by atoms with Crippen molar-refractivity contribution in [3.8, 4) is 5.69 Å². The molecule has 2 heterocycles. The second-order valence-electron chi connectivity index (χ2n) is 9.62. The van der Waals surface area contributed by atoms with Crippen LogP contribution in [0.4, 0.5) is 0 Å². The SMILES string of the molecule is CCOC(=O)CCc1ccc2c(c1)c(CCc1ccccc1)cn2-c1ccc(C(=O)N2CCOCC2)cc1. The number of fused-ring (bicyclic) bond motifs is 1. The molecule has 0 saturated carbocycles. The Morgan fingerprint density at radius 1 is 0.868 bits per heavy atom. The van der Waals surface area contributed by atoms with Crippen molar-refractivity contribution in [2.75, 3.05) is 32.9 Å². The molecule has 0 atom stereocenters. The molecule has 1 fully saturated rings. The lowest BCUT2D eigenvalue weighted by atomic mass is 10.0. The van der Waals surface area contributed by atoms with Gasteiger partial charge in [0.2, 0.25) is 0 Å². The number of hydrogen-bond acceptors (Lipinski definition) is 4. The van der Waals surface area contributed by atoms with Gasteiger partial charge in [0.15, 0.2) is 0 Å². The molecular formula is C32H34N2O4. The van der Waals surface area contributed by atoms with Crippen molar-refractivity contribution in [1.29, 1.82) is 0 Å². The molecule has 3 aromatic carbocycles. The zero-order valence-electron chi connectivity index (χ0n) is 21.9. The minimum absolute atomic E-state index is 0.0482. The fourth-order valence-electron chi connectivity index (χ4n) is 5.03. The third-order valence-electron chi connectivity index (χ3n) is 7.09. The van der Waals surface area contributed by atoms with Gasteiger partial charge < -0.3 is 18.9 Å². The first kappa shape index (κ1) is 25.7. The van der Waals surface area contributed by atoms with E-state index in [2.05, 4.69) is 53.2 Å². The fraction of sp³-hybridized carbons (Fsp3) is 0.312. The van der Waals surface area contributed by atoms with Gasteiger partial charge in [0.05, 0.1) is 25.3 Å². The first-order valence-electron chi connectivity index (χ1n) is 13.4. The molecule has 0 spiro atoms. The maximum Gasteiger partial charge on any atom is 0.306 e. The number of benzene rings is 3. The summed E-state index contributed by atoms with van der Waals surface area (Å²) in [4.78, 5) is 26.7. The van der Waals surface area contributed by atoms with Crippen molar-refractivity contribution in [1.82, 2.24) is 9.47 Å². The number of morpholine rings is 1. The lowest BCUT2D eigenvalue weighted by Gasteiger charge is -2.26. The van der Waals surface area contributed by atoms with Crippen LogP contribution in [0.25, 0.3) is 16.6 Å². The van der Waals surface area contributed by atoms with Gasteiger partial charge in [-0.25, -0.2) is 0 Å². The molecule has 0 unspecified atom stereocenters. The molecule has 0 bridgehead atoms. The summed E-state index contributed by atoms with van der Waals surface area (Å²) in [5.74, 6) is -0.117. The molecule has 1 aromatic heterocycles. The third-order valence-corrected chi connectivity index (χ3v) is 7.09. The molecule has 1 aliphatic rings. The summed E-state index contributed by atoms with van der Waals surface area (Å²) < 4.78 is 12.7. The Morgan fingerprint density at radius 3 is 2.37 bits per heavy atom. The van der Waals surface area contributed by atoms with E-state index in [9.17, 15) is 9.59 Å². The van der Waals surface area contributed by atoms with Crippen LogP contribution in [-0.4, -0.2) is 54.3 Å². The first-order chi connectivity index (χ1) is 18.6. The Morgan fingerprint density at radius 2 is 1.63 bits per heavy atom. The van der Waals surface area contributed by atoms with E-state index in [0.29, 0.717) is 51.3 Å². The molecule has 0 aliphatic carbocycles. The smallest absolute Gasteiger partial charge is 0.306 e. The van der Waals surface area contributed by atoms with E-state index >= 15 is 0 Å². The van der Waals surface area contributed by atoms with Crippen LogP contribution in [0.1, 0.15) is 40.4 Å². The summed E-state index contributed by atoms with van der Waals surface area (Å²) in [6.45, 7) is 4.68. The minimum Gasteiger partial charge on any atom is -0.466 e. The number of carbonyl (C=O) groups is 2. The van der Waals surface area contributed by atoms with Crippen molar-refractivity contribution in [3.05, 3.63) is 101 Å². The van der Waals surface area contributed by atoms with E-state index in [1.807, 2.05) is 42.2 Å². The average molecular weight is 511 g/mol. The van der Waals surface area contributed by atoms with E-state index in [4.69, 9.17) is 9.47 Å². The van der Waals surface area contributed by atoms with Crippen molar-refractivity contribution in [2.24, 2.45) is 0 Å². The zero-order valence-corrected chi connectivity index (χ0v) is 21.9. The van der Waals surface area contributed by atoms with Gasteiger partial charge in [0, 0.05) is 42.3 Å². The van der Waals surface area contributed by atoms with Crippen LogP contribution < -0.4 is 0 Å². The van der Waals surface area contributed by atoms with Gasteiger partial charge in [-0.3, -0.25) is 9.59 Å². The van der Waals surface area contributed by atoms with Gasteiger partial charge >= 0.3 is 5.97 Å². The normalized spacial score (nSPS) is 13.6. The second-order valence-corrected chi connectivity index (χ2v) is 9.62. The molecule has 5 rings (SSSR count). The van der Waals surface area contributed by atoms with Crippen LogP contribution in [0.2, 0.25) is 0 Å². The lowest BCUT2D eigenvalue weighted by Crippen LogP contribution is -2.40. The number of amides is 1. The van der Waals surface area contributed by atoms with E-state index in [1.165, 1.54) is 16.5 Å². The number of carbonyl (C=O) groups excluding carboxylic acids is 2. The molecule has 38 heavy (non-hydrogen) atoms. The highest BCUT2D eigenvalue weighted by molar-refractivity contribution is 5.94. The van der Waals surface area contributed by atoms with Crippen LogP contribution >= 0.6 is 0 Å². The number of aromatic nitrogens is 1. The van der Waals surface area contributed by atoms with E-state index < -0.39 is 0 Å². The van der Waals surface area contributed by atoms with Crippen molar-refractivity contribution < 1.29 is 19.1 Å². The largest absolute Gasteiger partial charge is 0.466 e. The van der Waals surface area contributed by atoms with Gasteiger partial charge in [-0.05, 0) is 79.3 Å². The van der Waals surface area contributed by atoms with Crippen LogP contribution in [0, 0.1) is 0 Å². The molecule has 4 aromatic rings. The summed E-state index contributed by atoms with van der Waals surface area (Å²) in [5, 5.41) is 1.19. The third kappa shape index (κ3) is 5.97. The minimum atomic E-state index is -0.166. The fourth-order valence-corrected chi connectivity index (χ4v) is 5.03. The molecule has 1 saturated heterocycles. The Kier molecular flexibility index (Phi) is 8.19. The number of nitrogens with zero attached hydrogens (tertiary/aromatic N) is 2. The molecule has 1 aliphatic heterocycles. The highest BCUT2D eigenvalue weighted by Gasteiger charge is 2.19. The second kappa shape index (κ2) is 12.1. The van der Waals surface area contributed by atoms with Crippen LogP contribution in [0.5, 0.6) is 0 Å². The molecule has 0 radical (unpaired) electrons. The van der Waals surface area contributed by atoms with E-state index in [-0.39, 0.29) is 11.9 Å². The van der Waals surface area contributed by atoms with Crippen LogP contribution in [-0.2, 0) is 33.5 Å². The maximum atomic E-state index is 12.9. The lowest BCUT2D eigenvalue weighted by molar-refractivity contribution is -0.143. The summed E-state index contributed by atoms with van der Waals surface area (Å²) in [6, 6.07) is 24.8. The number of ether oxygens (including phenoxy) is 2. The Labute approximate surface area is 223 Å². The Bertz CT molecular complexity index is 1390. The van der Waals surface area contributed by atoms with Gasteiger partial charge in [-0.1, -0.05) is 36.4 Å². The highest BCUT2D eigenvalue weighted by Crippen LogP contribution is 2.28.